The van der Waals surface area contributed by atoms with E-state index >= 15 is 26.3 Å². The van der Waals surface area contributed by atoms with Gasteiger partial charge in [0.2, 0.25) is 5.82 Å². The van der Waals surface area contributed by atoms with Crippen LogP contribution in [0.4, 0.5) is 43.9 Å². The zero-order valence-electron chi connectivity index (χ0n) is 22.2. The molecule has 3 nitrogen and oxygen atoms in total. The predicted octanol–water partition coefficient (Wildman–Crippen LogP) is 9.31. The Kier molecular flexibility index (Phi) is 5.77. The first-order valence-corrected chi connectivity index (χ1v) is 13.2. The van der Waals surface area contributed by atoms with Crippen molar-refractivity contribution in [3.05, 3.63) is 107 Å². The first kappa shape index (κ1) is 28.3. The smallest absolute Gasteiger partial charge is 0.498 e. The molecule has 228 valence electrons. The minimum Gasteiger partial charge on any atom is -0.498 e. The van der Waals surface area contributed by atoms with Gasteiger partial charge in [-0.1, -0.05) is 36.4 Å². The maximum atomic E-state index is 15.5. The van der Waals surface area contributed by atoms with E-state index in [1.54, 1.807) is 36.4 Å². The summed E-state index contributed by atoms with van der Waals surface area (Å²) in [5.74, 6) is -24.6. The highest BCUT2D eigenvalue weighted by molar-refractivity contribution is 6.38. The van der Waals surface area contributed by atoms with E-state index in [9.17, 15) is 22.6 Å². The van der Waals surface area contributed by atoms with Crippen LogP contribution >= 0.6 is 0 Å². The fourth-order valence-corrected chi connectivity index (χ4v) is 6.30. The standard InChI is InChI=1S/C32H9BF10O3/c34-13-8-11-5-4-9-2-1-3-10-6-7-12(15(11)14(9)10)31(13)45-33(44)46-32-21-17-16-18(22(35)23(36)20(17)27(40)30(32)43)25(38)29(42)26(39)19(16)24(37)28(21)41/h1-8,44H. The van der Waals surface area contributed by atoms with Crippen LogP contribution in [0.15, 0.2) is 48.5 Å². The molecule has 0 radical (unpaired) electrons. The first-order valence-electron chi connectivity index (χ1n) is 13.2. The van der Waals surface area contributed by atoms with Crippen LogP contribution in [0, 0.1) is 58.2 Å². The maximum absolute atomic E-state index is 15.5. The van der Waals surface area contributed by atoms with E-state index in [4.69, 9.17) is 9.31 Å². The minimum absolute atomic E-state index is 0.0896. The second kappa shape index (κ2) is 9.39. The van der Waals surface area contributed by atoms with Gasteiger partial charge in [-0.25, -0.2) is 39.5 Å². The third-order valence-electron chi connectivity index (χ3n) is 8.17. The molecule has 0 bridgehead atoms. The van der Waals surface area contributed by atoms with Crippen LogP contribution in [0.1, 0.15) is 0 Å². The Balaban J connectivity index is 1.36. The number of halogens is 10. The van der Waals surface area contributed by atoms with Crippen molar-refractivity contribution in [1.82, 2.24) is 0 Å². The fraction of sp³-hybridized carbons (Fsp3) is 0. The lowest BCUT2D eigenvalue weighted by Gasteiger charge is -2.21. The van der Waals surface area contributed by atoms with Crippen LogP contribution in [-0.2, 0) is 0 Å². The van der Waals surface area contributed by atoms with Crippen LogP contribution in [0.2, 0.25) is 0 Å². The lowest BCUT2D eigenvalue weighted by Crippen LogP contribution is -2.31. The van der Waals surface area contributed by atoms with Crippen molar-refractivity contribution in [2.75, 3.05) is 0 Å². The van der Waals surface area contributed by atoms with Gasteiger partial charge < -0.3 is 14.3 Å². The lowest BCUT2D eigenvalue weighted by molar-refractivity contribution is 0.286. The van der Waals surface area contributed by atoms with Gasteiger partial charge in [-0.2, -0.15) is 4.39 Å². The molecule has 0 aliphatic heterocycles. The van der Waals surface area contributed by atoms with Crippen LogP contribution in [0.5, 0.6) is 11.5 Å². The molecule has 0 saturated heterocycles. The fourth-order valence-electron chi connectivity index (χ4n) is 6.30. The lowest BCUT2D eigenvalue weighted by atomic mass is 9.90. The number of benzene rings is 8. The highest BCUT2D eigenvalue weighted by Gasteiger charge is 2.37. The molecule has 14 heteroatoms. The van der Waals surface area contributed by atoms with E-state index in [0.717, 1.165) is 16.8 Å². The minimum atomic E-state index is -2.81. The summed E-state index contributed by atoms with van der Waals surface area (Å²) in [5.41, 5.74) is 0. The normalized spacial score (nSPS) is 12.2. The largest absolute Gasteiger partial charge is 0.785 e. The Bertz CT molecular complexity index is 2590. The summed E-state index contributed by atoms with van der Waals surface area (Å²) in [6.07, 6.45) is 0. The third-order valence-corrected chi connectivity index (χ3v) is 8.17. The molecule has 0 aliphatic rings. The number of rotatable bonds is 4. The van der Waals surface area contributed by atoms with Crippen LogP contribution in [0.3, 0.4) is 0 Å². The second-order valence-electron chi connectivity index (χ2n) is 10.5. The van der Waals surface area contributed by atoms with E-state index in [2.05, 4.69) is 0 Å². The summed E-state index contributed by atoms with van der Waals surface area (Å²) in [7, 11) is -2.81. The summed E-state index contributed by atoms with van der Waals surface area (Å²) in [6.45, 7) is 0. The van der Waals surface area contributed by atoms with Gasteiger partial charge in [-0.3, -0.25) is 0 Å². The predicted molar refractivity (Wildman–Crippen MR) is 149 cm³/mol. The molecule has 1 N–H and O–H groups in total. The topological polar surface area (TPSA) is 38.7 Å². The average molecular weight is 642 g/mol. The third kappa shape index (κ3) is 3.44. The maximum Gasteiger partial charge on any atom is 0.785 e. The molecule has 0 saturated carbocycles. The van der Waals surface area contributed by atoms with Crippen LogP contribution in [-0.4, -0.2) is 12.3 Å². The zero-order valence-corrected chi connectivity index (χ0v) is 22.2. The molecule has 0 aliphatic carbocycles. The Morgan fingerprint density at radius 2 is 0.870 bits per heavy atom. The Morgan fingerprint density at radius 1 is 0.413 bits per heavy atom. The van der Waals surface area contributed by atoms with E-state index < -0.39 is 109 Å². The van der Waals surface area contributed by atoms with Gasteiger partial charge in [0.1, 0.15) is 5.75 Å². The van der Waals surface area contributed by atoms with Gasteiger partial charge in [0.25, 0.3) is 0 Å². The average Bonchev–Trinajstić information content (AvgIpc) is 3.03. The van der Waals surface area contributed by atoms with Gasteiger partial charge in [0.15, 0.2) is 58.1 Å². The zero-order chi connectivity index (χ0) is 32.5. The Hall–Kier alpha value is -5.24. The van der Waals surface area contributed by atoms with E-state index in [1.807, 2.05) is 0 Å². The molecule has 8 rings (SSSR count). The molecule has 0 amide bonds. The second-order valence-corrected chi connectivity index (χ2v) is 10.5. The SMILES string of the molecule is OB(Oc1c(F)cc2ccc3cccc4ccc1c2c34)Oc1c(F)c(F)c2c(F)c(F)c3c(F)c(F)c(F)c4c(F)c(F)c1c2c34. The van der Waals surface area contributed by atoms with Crippen molar-refractivity contribution in [3.63, 3.8) is 0 Å². The molecule has 0 atom stereocenters. The highest BCUT2D eigenvalue weighted by Crippen LogP contribution is 2.48. The van der Waals surface area contributed by atoms with Crippen molar-refractivity contribution in [3.8, 4) is 11.5 Å². The molecule has 0 unspecified atom stereocenters. The van der Waals surface area contributed by atoms with E-state index in [1.165, 1.54) is 6.07 Å². The first-order chi connectivity index (χ1) is 21.9. The van der Waals surface area contributed by atoms with Gasteiger partial charge in [0.05, 0.1) is 21.5 Å². The van der Waals surface area contributed by atoms with E-state index in [0.29, 0.717) is 16.2 Å². The molecule has 8 aromatic rings. The quantitative estimate of drug-likeness (QED) is 0.0901. The molecule has 0 fully saturated rings. The molecule has 46 heavy (non-hydrogen) atoms. The molecule has 0 heterocycles. The number of hydrogen-bond acceptors (Lipinski definition) is 3. The molecule has 0 spiro atoms. The summed E-state index contributed by atoms with van der Waals surface area (Å²) >= 11 is 0. The van der Waals surface area contributed by atoms with Gasteiger partial charge in [-0.05, 0) is 33.7 Å². The summed E-state index contributed by atoms with van der Waals surface area (Å²) in [6, 6.07) is 12.9. The van der Waals surface area contributed by atoms with Gasteiger partial charge in [-0.15, -0.1) is 0 Å². The van der Waals surface area contributed by atoms with Gasteiger partial charge in [0, 0.05) is 21.5 Å². The van der Waals surface area contributed by atoms with E-state index in [-0.39, 0.29) is 5.39 Å². The number of hydrogen-bond donors (Lipinski definition) is 1. The summed E-state index contributed by atoms with van der Waals surface area (Å²) in [4.78, 5) is 0. The molecular formula is C32H9BF10O3. The highest BCUT2D eigenvalue weighted by atomic mass is 19.2. The van der Waals surface area contributed by atoms with Crippen molar-refractivity contribution < 1.29 is 58.2 Å². The molecule has 8 aromatic carbocycles. The van der Waals surface area contributed by atoms with Crippen molar-refractivity contribution in [1.29, 1.82) is 0 Å². The summed E-state index contributed by atoms with van der Waals surface area (Å²) < 4.78 is 160. The Labute approximate surface area is 248 Å². The monoisotopic (exact) mass is 642 g/mol. The van der Waals surface area contributed by atoms with Crippen LogP contribution in [0.25, 0.3) is 64.6 Å². The van der Waals surface area contributed by atoms with Crippen LogP contribution < -0.4 is 9.31 Å². The molecular weight excluding hydrogens is 633 g/mol. The van der Waals surface area contributed by atoms with Crippen molar-refractivity contribution in [2.45, 2.75) is 0 Å². The van der Waals surface area contributed by atoms with Crippen molar-refractivity contribution >= 4 is 72.0 Å². The summed E-state index contributed by atoms with van der Waals surface area (Å²) in [5, 5.41) is 4.45. The Morgan fingerprint density at radius 3 is 1.48 bits per heavy atom. The van der Waals surface area contributed by atoms with Crippen molar-refractivity contribution in [2.24, 2.45) is 0 Å². The molecule has 0 aromatic heterocycles. The van der Waals surface area contributed by atoms with Gasteiger partial charge >= 0.3 is 7.32 Å².